The van der Waals surface area contributed by atoms with Gasteiger partial charge in [0.1, 0.15) is 0 Å². The van der Waals surface area contributed by atoms with Crippen molar-refractivity contribution in [2.24, 2.45) is 4.99 Å². The summed E-state index contributed by atoms with van der Waals surface area (Å²) in [6.45, 7) is 0. The van der Waals surface area contributed by atoms with Gasteiger partial charge in [0.25, 0.3) is 0 Å². The summed E-state index contributed by atoms with van der Waals surface area (Å²) >= 11 is 0. The Labute approximate surface area is 130 Å². The lowest BCUT2D eigenvalue weighted by Gasteiger charge is -2.06. The molecule has 108 valence electrons. The first-order valence-electron chi connectivity index (χ1n) is 7.20. The average molecular weight is 287 g/mol. The minimum atomic E-state index is 0.619. The van der Waals surface area contributed by atoms with Crippen LogP contribution in [0.25, 0.3) is 11.1 Å². The van der Waals surface area contributed by atoms with Gasteiger partial charge in [0.05, 0.1) is 12.8 Å². The van der Waals surface area contributed by atoms with E-state index >= 15 is 0 Å². The van der Waals surface area contributed by atoms with Gasteiger partial charge in [-0.3, -0.25) is 0 Å². The van der Waals surface area contributed by atoms with Gasteiger partial charge in [-0.2, -0.15) is 0 Å². The van der Waals surface area contributed by atoms with E-state index in [9.17, 15) is 0 Å². The van der Waals surface area contributed by atoms with E-state index in [1.54, 1.807) is 7.11 Å². The van der Waals surface area contributed by atoms with Crippen LogP contribution in [-0.4, -0.2) is 13.0 Å². The van der Waals surface area contributed by atoms with Crippen LogP contribution in [0.2, 0.25) is 0 Å². The molecule has 0 saturated carbocycles. The van der Waals surface area contributed by atoms with E-state index in [2.05, 4.69) is 29.3 Å². The highest BCUT2D eigenvalue weighted by Crippen LogP contribution is 2.23. The van der Waals surface area contributed by atoms with Crippen molar-refractivity contribution in [1.82, 2.24) is 0 Å². The fourth-order valence-corrected chi connectivity index (χ4v) is 2.29. The first-order valence-corrected chi connectivity index (χ1v) is 7.20. The van der Waals surface area contributed by atoms with Crippen LogP contribution in [0.3, 0.4) is 0 Å². The van der Waals surface area contributed by atoms with Crippen LogP contribution in [0, 0.1) is 0 Å². The third kappa shape index (κ3) is 3.23. The topological polar surface area (TPSA) is 21.6 Å². The van der Waals surface area contributed by atoms with E-state index < -0.39 is 0 Å². The number of rotatable bonds is 3. The van der Waals surface area contributed by atoms with Crippen molar-refractivity contribution < 1.29 is 4.74 Å². The molecule has 0 unspecified atom stereocenters. The zero-order chi connectivity index (χ0) is 15.2. The Bertz CT molecular complexity index is 747. The van der Waals surface area contributed by atoms with E-state index in [-0.39, 0.29) is 0 Å². The summed E-state index contributed by atoms with van der Waals surface area (Å²) in [6.07, 6.45) is 0. The standard InChI is InChI=1S/C20H17NO/c1-22-20(18-10-6-3-7-11-18)21-19-14-12-17(13-15-19)16-8-4-2-5-9-16/h2-15H,1H3. The monoisotopic (exact) mass is 287 g/mol. The van der Waals surface area contributed by atoms with Gasteiger partial charge in [0.15, 0.2) is 0 Å². The lowest BCUT2D eigenvalue weighted by atomic mass is 10.1. The number of nitrogens with zero attached hydrogens (tertiary/aromatic N) is 1. The van der Waals surface area contributed by atoms with Crippen LogP contribution in [-0.2, 0) is 4.74 Å². The number of methoxy groups -OCH3 is 1. The fourth-order valence-electron chi connectivity index (χ4n) is 2.29. The molecule has 3 aromatic carbocycles. The molecule has 0 bridgehead atoms. The molecule has 3 rings (SSSR count). The molecule has 3 aromatic rings. The van der Waals surface area contributed by atoms with E-state index in [4.69, 9.17) is 4.74 Å². The predicted octanol–water partition coefficient (Wildman–Crippen LogP) is 5.08. The Hall–Kier alpha value is -2.87. The van der Waals surface area contributed by atoms with Gasteiger partial charge in [-0.15, -0.1) is 0 Å². The SMILES string of the molecule is COC(=Nc1ccc(-c2ccccc2)cc1)c1ccccc1. The Balaban J connectivity index is 1.88. The first kappa shape index (κ1) is 14.1. The molecule has 0 N–H and O–H groups in total. The van der Waals surface area contributed by atoms with Crippen molar-refractivity contribution in [2.75, 3.05) is 7.11 Å². The summed E-state index contributed by atoms with van der Waals surface area (Å²) in [5.74, 6) is 0.619. The van der Waals surface area contributed by atoms with E-state index in [0.29, 0.717) is 5.90 Å². The third-order valence-electron chi connectivity index (χ3n) is 3.42. The molecule has 0 aromatic heterocycles. The molecule has 0 heterocycles. The van der Waals surface area contributed by atoms with E-state index in [1.165, 1.54) is 11.1 Å². The van der Waals surface area contributed by atoms with E-state index in [1.807, 2.05) is 60.7 Å². The van der Waals surface area contributed by atoms with Crippen LogP contribution in [0.15, 0.2) is 89.9 Å². The summed E-state index contributed by atoms with van der Waals surface area (Å²) in [6, 6.07) is 28.4. The summed E-state index contributed by atoms with van der Waals surface area (Å²) in [5, 5.41) is 0. The Morgan fingerprint density at radius 1 is 0.682 bits per heavy atom. The van der Waals surface area contributed by atoms with Gasteiger partial charge in [0, 0.05) is 5.56 Å². The Morgan fingerprint density at radius 2 is 1.23 bits per heavy atom. The van der Waals surface area contributed by atoms with Gasteiger partial charge in [-0.05, 0) is 35.4 Å². The summed E-state index contributed by atoms with van der Waals surface area (Å²) < 4.78 is 5.41. The molecule has 0 aliphatic heterocycles. The molecule has 0 atom stereocenters. The normalized spacial score (nSPS) is 11.2. The number of benzene rings is 3. The highest BCUT2D eigenvalue weighted by molar-refractivity contribution is 5.95. The van der Waals surface area contributed by atoms with Gasteiger partial charge in [0.2, 0.25) is 5.90 Å². The maximum atomic E-state index is 5.41. The number of hydrogen-bond donors (Lipinski definition) is 0. The third-order valence-corrected chi connectivity index (χ3v) is 3.42. The smallest absolute Gasteiger partial charge is 0.220 e. The zero-order valence-electron chi connectivity index (χ0n) is 12.4. The van der Waals surface area contributed by atoms with Gasteiger partial charge < -0.3 is 4.74 Å². The molecule has 0 saturated heterocycles. The van der Waals surface area contributed by atoms with Crippen molar-refractivity contribution in [3.05, 3.63) is 90.5 Å². The first-order chi connectivity index (χ1) is 10.9. The van der Waals surface area contributed by atoms with Crippen molar-refractivity contribution in [1.29, 1.82) is 0 Å². The second-order valence-corrected chi connectivity index (χ2v) is 4.90. The van der Waals surface area contributed by atoms with Crippen molar-refractivity contribution in [2.45, 2.75) is 0 Å². The largest absolute Gasteiger partial charge is 0.481 e. The van der Waals surface area contributed by atoms with Gasteiger partial charge in [-0.1, -0.05) is 60.7 Å². The summed E-state index contributed by atoms with van der Waals surface area (Å²) in [5.41, 5.74) is 4.23. The zero-order valence-corrected chi connectivity index (χ0v) is 12.4. The van der Waals surface area contributed by atoms with Crippen LogP contribution in [0.4, 0.5) is 5.69 Å². The summed E-state index contributed by atoms with van der Waals surface area (Å²) in [4.78, 5) is 4.58. The Morgan fingerprint density at radius 3 is 1.82 bits per heavy atom. The lowest BCUT2D eigenvalue weighted by Crippen LogP contribution is -2.02. The molecular formula is C20H17NO. The van der Waals surface area contributed by atoms with Crippen molar-refractivity contribution in [3.8, 4) is 11.1 Å². The molecule has 2 heteroatoms. The van der Waals surface area contributed by atoms with Gasteiger partial charge >= 0.3 is 0 Å². The minimum absolute atomic E-state index is 0.619. The molecule has 0 spiro atoms. The number of ether oxygens (including phenoxy) is 1. The molecule has 0 fully saturated rings. The maximum Gasteiger partial charge on any atom is 0.220 e. The second-order valence-electron chi connectivity index (χ2n) is 4.90. The molecule has 2 nitrogen and oxygen atoms in total. The number of hydrogen-bond acceptors (Lipinski definition) is 2. The van der Waals surface area contributed by atoms with E-state index in [0.717, 1.165) is 11.3 Å². The predicted molar refractivity (Wildman–Crippen MR) is 91.5 cm³/mol. The maximum absolute atomic E-state index is 5.41. The molecule has 0 radical (unpaired) electrons. The quantitative estimate of drug-likeness (QED) is 0.486. The molecule has 0 aliphatic rings. The summed E-state index contributed by atoms with van der Waals surface area (Å²) in [7, 11) is 1.64. The minimum Gasteiger partial charge on any atom is -0.481 e. The fraction of sp³-hybridized carbons (Fsp3) is 0.0500. The second kappa shape index (κ2) is 6.72. The molecular weight excluding hydrogens is 270 g/mol. The molecule has 22 heavy (non-hydrogen) atoms. The lowest BCUT2D eigenvalue weighted by molar-refractivity contribution is 0.405. The highest BCUT2D eigenvalue weighted by atomic mass is 16.5. The van der Waals surface area contributed by atoms with Crippen LogP contribution < -0.4 is 0 Å². The molecule has 0 aliphatic carbocycles. The van der Waals surface area contributed by atoms with Crippen LogP contribution >= 0.6 is 0 Å². The van der Waals surface area contributed by atoms with Crippen LogP contribution in [0.1, 0.15) is 5.56 Å². The van der Waals surface area contributed by atoms with Gasteiger partial charge in [-0.25, -0.2) is 4.99 Å². The Kier molecular flexibility index (Phi) is 4.30. The van der Waals surface area contributed by atoms with Crippen molar-refractivity contribution in [3.63, 3.8) is 0 Å². The number of aliphatic imine (C=N–C) groups is 1. The van der Waals surface area contributed by atoms with Crippen LogP contribution in [0.5, 0.6) is 0 Å². The average Bonchev–Trinajstić information content (AvgIpc) is 2.62. The highest BCUT2D eigenvalue weighted by Gasteiger charge is 2.03. The van der Waals surface area contributed by atoms with Crippen molar-refractivity contribution >= 4 is 11.6 Å². The molecule has 0 amide bonds.